The number of nitrogens with zero attached hydrogens (tertiary/aromatic N) is 5. The average molecular weight is 516 g/mol. The third-order valence-corrected chi connectivity index (χ3v) is 5.42. The van der Waals surface area contributed by atoms with Gasteiger partial charge >= 0.3 is 0 Å². The summed E-state index contributed by atoms with van der Waals surface area (Å²) in [6.07, 6.45) is 2.98. The predicted octanol–water partition coefficient (Wildman–Crippen LogP) is 4.32. The topological polar surface area (TPSA) is 115 Å². The molecule has 12 heteroatoms. The molecule has 0 unspecified atom stereocenters. The van der Waals surface area contributed by atoms with Crippen molar-refractivity contribution in [3.63, 3.8) is 0 Å². The molecule has 4 rings (SSSR count). The van der Waals surface area contributed by atoms with Gasteiger partial charge in [0.15, 0.2) is 11.5 Å². The number of carbonyl (C=O) groups is 2. The lowest BCUT2D eigenvalue weighted by atomic mass is 10.1. The van der Waals surface area contributed by atoms with Crippen molar-refractivity contribution in [3.8, 4) is 11.7 Å². The van der Waals surface area contributed by atoms with Crippen LogP contribution in [-0.4, -0.2) is 48.8 Å². The lowest BCUT2D eigenvalue weighted by Gasteiger charge is -2.22. The molecule has 4 heterocycles. The Morgan fingerprint density at radius 3 is 2.51 bits per heavy atom. The quantitative estimate of drug-likeness (QED) is 0.408. The van der Waals surface area contributed by atoms with Crippen LogP contribution in [0.25, 0.3) is 11.3 Å². The number of nitrogens with one attached hydrogen (secondary N) is 2. The summed E-state index contributed by atoms with van der Waals surface area (Å²) >= 11 is 12.3. The number of anilines is 1. The lowest BCUT2D eigenvalue weighted by molar-refractivity contribution is 0.0913. The highest BCUT2D eigenvalue weighted by molar-refractivity contribution is 6.35. The van der Waals surface area contributed by atoms with E-state index in [1.165, 1.54) is 34.6 Å². The Morgan fingerprint density at radius 2 is 1.86 bits per heavy atom. The van der Waals surface area contributed by atoms with Gasteiger partial charge in [-0.1, -0.05) is 23.2 Å². The number of ether oxygens (including phenoxy) is 1. The van der Waals surface area contributed by atoms with Crippen molar-refractivity contribution in [2.75, 3.05) is 12.4 Å². The van der Waals surface area contributed by atoms with Crippen LogP contribution in [0, 0.1) is 6.92 Å². The van der Waals surface area contributed by atoms with Crippen molar-refractivity contribution in [3.05, 3.63) is 63.7 Å². The number of fused-ring (bicyclic) bond motifs is 1. The van der Waals surface area contributed by atoms with Gasteiger partial charge in [-0.3, -0.25) is 9.59 Å². The van der Waals surface area contributed by atoms with E-state index in [-0.39, 0.29) is 28.1 Å². The third kappa shape index (κ3) is 4.94. The van der Waals surface area contributed by atoms with Crippen LogP contribution in [0.15, 0.2) is 36.7 Å². The molecule has 182 valence electrons. The Labute approximate surface area is 211 Å². The first kappa shape index (κ1) is 24.5. The maximum absolute atomic E-state index is 13.5. The van der Waals surface area contributed by atoms with E-state index < -0.39 is 17.4 Å². The number of halogens is 2. The maximum atomic E-state index is 13.5. The minimum Gasteiger partial charge on any atom is -0.480 e. The molecule has 2 N–H and O–H groups in total. The second-order valence-corrected chi connectivity index (χ2v) is 9.66. The largest absolute Gasteiger partial charge is 0.480 e. The summed E-state index contributed by atoms with van der Waals surface area (Å²) in [5.74, 6) is -0.589. The zero-order valence-electron chi connectivity index (χ0n) is 19.7. The van der Waals surface area contributed by atoms with Gasteiger partial charge in [-0.05, 0) is 51.5 Å². The van der Waals surface area contributed by atoms with Gasteiger partial charge in [0.2, 0.25) is 5.88 Å². The monoisotopic (exact) mass is 515 g/mol. The number of pyridine rings is 2. The Bertz CT molecular complexity index is 1450. The Kier molecular flexibility index (Phi) is 6.44. The highest BCUT2D eigenvalue weighted by Crippen LogP contribution is 2.28. The molecule has 35 heavy (non-hydrogen) atoms. The molecule has 0 radical (unpaired) electrons. The normalized spacial score (nSPS) is 11.5. The molecule has 0 aliphatic carbocycles. The summed E-state index contributed by atoms with van der Waals surface area (Å²) in [6, 6.07) is 6.54. The SMILES string of the molecule is COc1cc(C(=O)Nc2c(C)cc3ccnn3c2C(=O)NC(C)(C)C)n(-c2ncc(Cl)cc2Cl)n1. The van der Waals surface area contributed by atoms with Crippen LogP contribution in [0.5, 0.6) is 5.88 Å². The van der Waals surface area contributed by atoms with Crippen LogP contribution < -0.4 is 15.4 Å². The molecule has 0 aliphatic heterocycles. The number of hydrogen-bond acceptors (Lipinski definition) is 6. The van der Waals surface area contributed by atoms with Crippen LogP contribution in [0.3, 0.4) is 0 Å². The fraction of sp³-hybridized carbons (Fsp3) is 0.261. The summed E-state index contributed by atoms with van der Waals surface area (Å²) in [5, 5.41) is 14.9. The molecule has 0 atom stereocenters. The number of hydrogen-bond donors (Lipinski definition) is 2. The summed E-state index contributed by atoms with van der Waals surface area (Å²) in [4.78, 5) is 31.0. The summed E-state index contributed by atoms with van der Waals surface area (Å²) in [6.45, 7) is 7.40. The number of rotatable bonds is 5. The first-order valence-corrected chi connectivity index (χ1v) is 11.3. The van der Waals surface area contributed by atoms with E-state index in [0.29, 0.717) is 21.8 Å². The summed E-state index contributed by atoms with van der Waals surface area (Å²) in [5.41, 5.74) is 1.45. The Morgan fingerprint density at radius 1 is 1.11 bits per heavy atom. The van der Waals surface area contributed by atoms with Gasteiger partial charge in [0.1, 0.15) is 5.69 Å². The second kappa shape index (κ2) is 9.20. The highest BCUT2D eigenvalue weighted by Gasteiger charge is 2.26. The minimum absolute atomic E-state index is 0.0840. The first-order valence-electron chi connectivity index (χ1n) is 10.5. The van der Waals surface area contributed by atoms with Gasteiger partial charge in [0, 0.05) is 17.8 Å². The Hall–Kier alpha value is -3.63. The number of methoxy groups -OCH3 is 1. The number of carbonyl (C=O) groups excluding carboxylic acids is 2. The number of aromatic nitrogens is 5. The van der Waals surface area contributed by atoms with E-state index >= 15 is 0 Å². The van der Waals surface area contributed by atoms with Crippen LogP contribution in [-0.2, 0) is 0 Å². The van der Waals surface area contributed by atoms with Crippen LogP contribution in [0.4, 0.5) is 5.69 Å². The molecular weight excluding hydrogens is 493 g/mol. The average Bonchev–Trinajstić information content (AvgIpc) is 3.39. The van der Waals surface area contributed by atoms with Crippen LogP contribution in [0.1, 0.15) is 47.3 Å². The van der Waals surface area contributed by atoms with Crippen molar-refractivity contribution < 1.29 is 14.3 Å². The van der Waals surface area contributed by atoms with Gasteiger partial charge in [0.25, 0.3) is 11.8 Å². The predicted molar refractivity (Wildman–Crippen MR) is 133 cm³/mol. The molecule has 2 amide bonds. The molecule has 0 fully saturated rings. The molecule has 4 aromatic rings. The van der Waals surface area contributed by atoms with Gasteiger partial charge in [-0.2, -0.15) is 5.10 Å². The van der Waals surface area contributed by atoms with Crippen molar-refractivity contribution in [1.29, 1.82) is 0 Å². The fourth-order valence-corrected chi connectivity index (χ4v) is 3.95. The third-order valence-electron chi connectivity index (χ3n) is 4.94. The summed E-state index contributed by atoms with van der Waals surface area (Å²) < 4.78 is 7.96. The van der Waals surface area contributed by atoms with Gasteiger partial charge in [-0.15, -0.1) is 5.10 Å². The molecule has 0 saturated heterocycles. The maximum Gasteiger partial charge on any atom is 0.274 e. The highest BCUT2D eigenvalue weighted by atomic mass is 35.5. The molecule has 0 aliphatic rings. The van der Waals surface area contributed by atoms with Crippen molar-refractivity contribution in [1.82, 2.24) is 29.7 Å². The standard InChI is InChI=1S/C23H23Cl2N7O3/c1-12-8-14-6-7-27-31(14)19(22(34)29-23(2,3)4)18(12)28-21(33)16-10-17(35-5)30-32(16)20-15(25)9-13(24)11-26-20/h6-11H,1-5H3,(H,28,33)(H,29,34). The van der Waals surface area contributed by atoms with E-state index in [2.05, 4.69) is 25.8 Å². The van der Waals surface area contributed by atoms with Crippen LogP contribution >= 0.6 is 23.2 Å². The number of aryl methyl sites for hydroxylation is 1. The van der Waals surface area contributed by atoms with Crippen molar-refractivity contribution in [2.45, 2.75) is 33.2 Å². The minimum atomic E-state index is -0.562. The Balaban J connectivity index is 1.81. The second-order valence-electron chi connectivity index (χ2n) is 8.82. The zero-order valence-corrected chi connectivity index (χ0v) is 21.2. The van der Waals surface area contributed by atoms with E-state index in [1.54, 1.807) is 19.2 Å². The smallest absolute Gasteiger partial charge is 0.274 e. The molecular formula is C23H23Cl2N7O3. The van der Waals surface area contributed by atoms with Crippen LogP contribution in [0.2, 0.25) is 10.0 Å². The van der Waals surface area contributed by atoms with E-state index in [0.717, 1.165) is 0 Å². The molecule has 0 aromatic carbocycles. The van der Waals surface area contributed by atoms with Crippen molar-refractivity contribution >= 4 is 46.2 Å². The molecule has 0 bridgehead atoms. The first-order chi connectivity index (χ1) is 16.5. The molecule has 0 saturated carbocycles. The lowest BCUT2D eigenvalue weighted by Crippen LogP contribution is -2.42. The van der Waals surface area contributed by atoms with Gasteiger partial charge in [0.05, 0.1) is 34.6 Å². The van der Waals surface area contributed by atoms with E-state index in [1.807, 2.05) is 26.8 Å². The number of amides is 2. The van der Waals surface area contributed by atoms with E-state index in [4.69, 9.17) is 27.9 Å². The van der Waals surface area contributed by atoms with Gasteiger partial charge < -0.3 is 15.4 Å². The molecule has 0 spiro atoms. The summed E-state index contributed by atoms with van der Waals surface area (Å²) in [7, 11) is 1.43. The zero-order chi connectivity index (χ0) is 25.5. The van der Waals surface area contributed by atoms with E-state index in [9.17, 15) is 9.59 Å². The molecule has 10 nitrogen and oxygen atoms in total. The van der Waals surface area contributed by atoms with Gasteiger partial charge in [-0.25, -0.2) is 14.2 Å². The molecule has 4 aromatic heterocycles. The van der Waals surface area contributed by atoms with Crippen molar-refractivity contribution in [2.24, 2.45) is 0 Å². The fourth-order valence-electron chi connectivity index (χ4n) is 3.49.